The van der Waals surface area contributed by atoms with Crippen LogP contribution in [-0.2, 0) is 0 Å². The van der Waals surface area contributed by atoms with Gasteiger partial charge in [-0.3, -0.25) is 0 Å². The molecular weight excluding hydrogens is 300 g/mol. The Morgan fingerprint density at radius 1 is 1.00 bits per heavy atom. The third-order valence-corrected chi connectivity index (χ3v) is 7.67. The zero-order valence-corrected chi connectivity index (χ0v) is 16.1. The van der Waals surface area contributed by atoms with Gasteiger partial charge in [-0.2, -0.15) is 13.8 Å². The summed E-state index contributed by atoms with van der Waals surface area (Å²) in [5, 5.41) is 1.57. The minimum atomic E-state index is -1.16. The summed E-state index contributed by atoms with van der Waals surface area (Å²) in [6.07, 6.45) is 2.00. The first kappa shape index (κ1) is 22.8. The molecule has 1 aromatic rings. The SMILES string of the molecule is CC(C)[Si](C)(C)c1ccccc1.C[CH-]C.[Br-].[Mg+2]. The van der Waals surface area contributed by atoms with Crippen LogP contribution in [0.5, 0.6) is 0 Å². The van der Waals surface area contributed by atoms with Crippen molar-refractivity contribution in [3.05, 3.63) is 36.8 Å². The van der Waals surface area contributed by atoms with Gasteiger partial charge in [-0.05, 0) is 5.54 Å². The molecule has 0 fully saturated rings. The van der Waals surface area contributed by atoms with Crippen molar-refractivity contribution in [2.24, 2.45) is 0 Å². The van der Waals surface area contributed by atoms with Gasteiger partial charge in [0.2, 0.25) is 0 Å². The number of halogens is 1. The first-order valence-electron chi connectivity index (χ1n) is 5.76. The van der Waals surface area contributed by atoms with E-state index in [-0.39, 0.29) is 40.0 Å². The Morgan fingerprint density at radius 2 is 1.35 bits per heavy atom. The van der Waals surface area contributed by atoms with Crippen molar-refractivity contribution >= 4 is 36.3 Å². The van der Waals surface area contributed by atoms with Crippen LogP contribution in [0, 0.1) is 6.42 Å². The third kappa shape index (κ3) is 8.41. The molecule has 0 amide bonds. The summed E-state index contributed by atoms with van der Waals surface area (Å²) in [6, 6.07) is 10.9. The van der Waals surface area contributed by atoms with Gasteiger partial charge in [0.25, 0.3) is 0 Å². The summed E-state index contributed by atoms with van der Waals surface area (Å²) in [7, 11) is -1.16. The average molecular weight is 326 g/mol. The van der Waals surface area contributed by atoms with Crippen LogP contribution in [0.25, 0.3) is 0 Å². The van der Waals surface area contributed by atoms with Gasteiger partial charge in [-0.15, -0.1) is 0 Å². The molecule has 0 N–H and O–H groups in total. The van der Waals surface area contributed by atoms with E-state index in [2.05, 4.69) is 57.3 Å². The molecule has 0 unspecified atom stereocenters. The average Bonchev–Trinajstić information content (AvgIpc) is 2.20. The minimum Gasteiger partial charge on any atom is -1.00 e. The fourth-order valence-electron chi connectivity index (χ4n) is 1.20. The van der Waals surface area contributed by atoms with E-state index >= 15 is 0 Å². The molecule has 0 aliphatic carbocycles. The molecule has 0 heterocycles. The van der Waals surface area contributed by atoms with Gasteiger partial charge >= 0.3 is 23.1 Å². The largest absolute Gasteiger partial charge is 2.00 e. The Labute approximate surface area is 136 Å². The third-order valence-electron chi connectivity index (χ3n) is 2.96. The molecule has 94 valence electrons. The van der Waals surface area contributed by atoms with E-state index in [1.807, 2.05) is 20.3 Å². The van der Waals surface area contributed by atoms with Crippen LogP contribution in [-0.4, -0.2) is 31.1 Å². The van der Waals surface area contributed by atoms with Crippen LogP contribution in [0.3, 0.4) is 0 Å². The van der Waals surface area contributed by atoms with Crippen LogP contribution < -0.4 is 22.2 Å². The maximum atomic E-state index is 2.44. The van der Waals surface area contributed by atoms with Gasteiger partial charge in [-0.1, -0.05) is 62.5 Å². The molecular formula is C14H25BrMgSi. The molecule has 0 saturated heterocycles. The van der Waals surface area contributed by atoms with Crippen LogP contribution in [0.2, 0.25) is 18.6 Å². The van der Waals surface area contributed by atoms with Crippen molar-refractivity contribution in [3.8, 4) is 0 Å². The van der Waals surface area contributed by atoms with Gasteiger partial charge in [0.1, 0.15) is 0 Å². The van der Waals surface area contributed by atoms with Gasteiger partial charge in [0.05, 0.1) is 8.07 Å². The number of hydrogen-bond donors (Lipinski definition) is 0. The second kappa shape index (κ2) is 11.8. The fraction of sp³-hybridized carbons (Fsp3) is 0.500. The van der Waals surface area contributed by atoms with Crippen molar-refractivity contribution in [3.63, 3.8) is 0 Å². The van der Waals surface area contributed by atoms with Crippen molar-refractivity contribution in [1.29, 1.82) is 0 Å². The maximum absolute atomic E-state index is 2.44. The zero-order valence-electron chi connectivity index (χ0n) is 12.1. The predicted molar refractivity (Wildman–Crippen MR) is 80.1 cm³/mol. The van der Waals surface area contributed by atoms with Gasteiger partial charge < -0.3 is 23.4 Å². The Morgan fingerprint density at radius 3 is 1.65 bits per heavy atom. The summed E-state index contributed by atoms with van der Waals surface area (Å²) >= 11 is 0. The summed E-state index contributed by atoms with van der Waals surface area (Å²) in [5.74, 6) is 0. The summed E-state index contributed by atoms with van der Waals surface area (Å²) in [5.41, 5.74) is 0.819. The van der Waals surface area contributed by atoms with Crippen molar-refractivity contribution in [2.45, 2.75) is 46.3 Å². The van der Waals surface area contributed by atoms with Crippen molar-refractivity contribution < 1.29 is 17.0 Å². The molecule has 0 aliphatic rings. The predicted octanol–water partition coefficient (Wildman–Crippen LogP) is 0.866. The Bertz CT molecular complexity index is 260. The van der Waals surface area contributed by atoms with E-state index in [1.54, 1.807) is 5.19 Å². The van der Waals surface area contributed by atoms with Gasteiger partial charge in [-0.25, -0.2) is 0 Å². The van der Waals surface area contributed by atoms with Gasteiger partial charge in [0.15, 0.2) is 0 Å². The summed E-state index contributed by atoms with van der Waals surface area (Å²) < 4.78 is 0. The van der Waals surface area contributed by atoms with Crippen molar-refractivity contribution in [2.75, 3.05) is 0 Å². The first-order valence-corrected chi connectivity index (χ1v) is 8.84. The molecule has 3 heteroatoms. The Kier molecular flexibility index (Phi) is 15.8. The normalized spacial score (nSPS) is 9.59. The van der Waals surface area contributed by atoms with Crippen molar-refractivity contribution in [1.82, 2.24) is 0 Å². The van der Waals surface area contributed by atoms with Crippen LogP contribution in [0.15, 0.2) is 30.3 Å². The molecule has 0 saturated carbocycles. The summed E-state index contributed by atoms with van der Waals surface area (Å²) in [6.45, 7) is 13.5. The summed E-state index contributed by atoms with van der Waals surface area (Å²) in [4.78, 5) is 0. The quantitative estimate of drug-likeness (QED) is 0.559. The van der Waals surface area contributed by atoms with E-state index < -0.39 is 8.07 Å². The molecule has 0 aromatic heterocycles. The van der Waals surface area contributed by atoms with Crippen LogP contribution in [0.1, 0.15) is 27.7 Å². The minimum absolute atomic E-state index is 0. The second-order valence-corrected chi connectivity index (χ2v) is 10.00. The Hall–Kier alpha value is 0.683. The molecule has 0 spiro atoms. The molecule has 1 aromatic carbocycles. The molecule has 17 heavy (non-hydrogen) atoms. The van der Waals surface area contributed by atoms with E-state index in [1.165, 1.54) is 0 Å². The van der Waals surface area contributed by atoms with E-state index in [9.17, 15) is 0 Å². The van der Waals surface area contributed by atoms with Crippen LogP contribution >= 0.6 is 0 Å². The van der Waals surface area contributed by atoms with Gasteiger partial charge in [0, 0.05) is 0 Å². The van der Waals surface area contributed by atoms with Crippen LogP contribution in [0.4, 0.5) is 0 Å². The zero-order chi connectivity index (χ0) is 11.9. The molecule has 0 atom stereocenters. The monoisotopic (exact) mass is 324 g/mol. The molecule has 0 radical (unpaired) electrons. The van der Waals surface area contributed by atoms with E-state index in [0.29, 0.717) is 0 Å². The molecule has 1 rings (SSSR count). The maximum Gasteiger partial charge on any atom is 2.00 e. The standard InChI is InChI=1S/C11H18Si.C3H7.BrH.Mg/c1-10(2)12(3,4)11-8-6-5-7-9-11;1-3-2;;/h5-10H,1-4H3;3H,1-2H3;1H;/q;-1;;+2/p-1. The topological polar surface area (TPSA) is 0 Å². The molecule has 0 aliphatic heterocycles. The Balaban J connectivity index is -0.000000356. The second-order valence-electron chi connectivity index (χ2n) is 4.82. The molecule has 0 bridgehead atoms. The number of benzene rings is 1. The fourth-order valence-corrected chi connectivity index (χ4v) is 2.92. The first-order chi connectivity index (χ1) is 6.96. The van der Waals surface area contributed by atoms with E-state index in [0.717, 1.165) is 5.54 Å². The number of rotatable bonds is 2. The number of hydrogen-bond acceptors (Lipinski definition) is 0. The smallest absolute Gasteiger partial charge is 1.00 e. The van der Waals surface area contributed by atoms with E-state index in [4.69, 9.17) is 0 Å². The molecule has 0 nitrogen and oxygen atoms in total.